The number of rotatable bonds is 4. The summed E-state index contributed by atoms with van der Waals surface area (Å²) in [6.45, 7) is 3.51. The molecule has 2 heterocycles. The Morgan fingerprint density at radius 2 is 2.31 bits per heavy atom. The SMILES string of the molecule is CCn1cc(Cn2ccc(C(=O)O)c2)cn1. The molecule has 0 saturated heterocycles. The molecule has 0 unspecified atom stereocenters. The van der Waals surface area contributed by atoms with Gasteiger partial charge in [-0.15, -0.1) is 0 Å². The second-order valence-electron chi connectivity index (χ2n) is 3.58. The minimum absolute atomic E-state index is 0.308. The van der Waals surface area contributed by atoms with Crippen molar-refractivity contribution in [1.29, 1.82) is 0 Å². The Kier molecular flexibility index (Phi) is 2.76. The Bertz CT molecular complexity index is 499. The topological polar surface area (TPSA) is 60.0 Å². The minimum Gasteiger partial charge on any atom is -0.478 e. The van der Waals surface area contributed by atoms with Gasteiger partial charge in [0, 0.05) is 30.7 Å². The first kappa shape index (κ1) is 10.5. The third-order valence-corrected chi connectivity index (χ3v) is 2.37. The average Bonchev–Trinajstić information content (AvgIpc) is 2.87. The molecule has 0 bridgehead atoms. The maximum Gasteiger partial charge on any atom is 0.337 e. The molecule has 0 saturated carbocycles. The maximum absolute atomic E-state index is 10.7. The summed E-state index contributed by atoms with van der Waals surface area (Å²) in [6, 6.07) is 1.59. The molecule has 0 aliphatic heterocycles. The number of hydrogen-bond donors (Lipinski definition) is 1. The van der Waals surface area contributed by atoms with Crippen molar-refractivity contribution in [2.24, 2.45) is 0 Å². The zero-order chi connectivity index (χ0) is 11.5. The van der Waals surface area contributed by atoms with Crippen LogP contribution in [0.3, 0.4) is 0 Å². The molecular weight excluding hydrogens is 206 g/mol. The van der Waals surface area contributed by atoms with Crippen molar-refractivity contribution >= 4 is 5.97 Å². The van der Waals surface area contributed by atoms with Gasteiger partial charge in [-0.2, -0.15) is 5.10 Å². The number of aromatic nitrogens is 3. The predicted molar refractivity (Wildman–Crippen MR) is 58.4 cm³/mol. The van der Waals surface area contributed by atoms with Crippen molar-refractivity contribution in [2.45, 2.75) is 20.0 Å². The lowest BCUT2D eigenvalue weighted by Gasteiger charge is -1.98. The molecule has 0 aliphatic rings. The first-order valence-corrected chi connectivity index (χ1v) is 5.09. The molecule has 2 aromatic rings. The van der Waals surface area contributed by atoms with Gasteiger partial charge in [0.2, 0.25) is 0 Å². The largest absolute Gasteiger partial charge is 0.478 e. The first-order valence-electron chi connectivity index (χ1n) is 5.09. The van der Waals surface area contributed by atoms with E-state index in [9.17, 15) is 4.79 Å². The Morgan fingerprint density at radius 3 is 2.88 bits per heavy atom. The van der Waals surface area contributed by atoms with Gasteiger partial charge in [-0.1, -0.05) is 0 Å². The number of aryl methyl sites for hydroxylation is 1. The number of carbonyl (C=O) groups is 1. The minimum atomic E-state index is -0.900. The van der Waals surface area contributed by atoms with E-state index < -0.39 is 5.97 Å². The fourth-order valence-electron chi connectivity index (χ4n) is 1.54. The number of carboxylic acids is 1. The Morgan fingerprint density at radius 1 is 1.50 bits per heavy atom. The number of carboxylic acid groups (broad SMARTS) is 1. The zero-order valence-corrected chi connectivity index (χ0v) is 9.00. The molecule has 16 heavy (non-hydrogen) atoms. The van der Waals surface area contributed by atoms with E-state index in [2.05, 4.69) is 5.10 Å². The molecule has 5 heteroatoms. The number of aromatic carboxylic acids is 1. The summed E-state index contributed by atoms with van der Waals surface area (Å²) in [7, 11) is 0. The Hall–Kier alpha value is -2.04. The summed E-state index contributed by atoms with van der Waals surface area (Å²) in [5.74, 6) is -0.900. The van der Waals surface area contributed by atoms with Crippen molar-refractivity contribution in [2.75, 3.05) is 0 Å². The van der Waals surface area contributed by atoms with E-state index in [-0.39, 0.29) is 0 Å². The monoisotopic (exact) mass is 219 g/mol. The number of nitrogens with zero attached hydrogens (tertiary/aromatic N) is 3. The van der Waals surface area contributed by atoms with Crippen LogP contribution in [-0.2, 0) is 13.1 Å². The molecule has 0 fully saturated rings. The molecule has 5 nitrogen and oxygen atoms in total. The first-order chi connectivity index (χ1) is 7.69. The smallest absolute Gasteiger partial charge is 0.337 e. The van der Waals surface area contributed by atoms with Gasteiger partial charge in [0.05, 0.1) is 18.3 Å². The Balaban J connectivity index is 2.11. The van der Waals surface area contributed by atoms with Crippen LogP contribution in [0, 0.1) is 0 Å². The molecule has 0 atom stereocenters. The maximum atomic E-state index is 10.7. The summed E-state index contributed by atoms with van der Waals surface area (Å²) < 4.78 is 3.68. The van der Waals surface area contributed by atoms with Crippen molar-refractivity contribution < 1.29 is 9.90 Å². The van der Waals surface area contributed by atoms with Crippen molar-refractivity contribution in [3.8, 4) is 0 Å². The van der Waals surface area contributed by atoms with Gasteiger partial charge in [-0.05, 0) is 13.0 Å². The van der Waals surface area contributed by atoms with Crippen LogP contribution >= 0.6 is 0 Å². The lowest BCUT2D eigenvalue weighted by molar-refractivity contribution is 0.0697. The predicted octanol–water partition coefficient (Wildman–Crippen LogP) is 1.45. The Labute approximate surface area is 92.9 Å². The second kappa shape index (κ2) is 4.22. The van der Waals surface area contributed by atoms with E-state index in [4.69, 9.17) is 5.11 Å². The van der Waals surface area contributed by atoms with Crippen molar-refractivity contribution in [1.82, 2.24) is 14.3 Å². The molecule has 2 rings (SSSR count). The highest BCUT2D eigenvalue weighted by molar-refractivity contribution is 5.87. The van der Waals surface area contributed by atoms with Crippen LogP contribution in [0.4, 0.5) is 0 Å². The molecule has 2 aromatic heterocycles. The van der Waals surface area contributed by atoms with Crippen LogP contribution in [0.25, 0.3) is 0 Å². The highest BCUT2D eigenvalue weighted by atomic mass is 16.4. The highest BCUT2D eigenvalue weighted by Crippen LogP contribution is 2.06. The third kappa shape index (κ3) is 2.13. The molecule has 0 aliphatic carbocycles. The summed E-state index contributed by atoms with van der Waals surface area (Å²) in [4.78, 5) is 10.7. The van der Waals surface area contributed by atoms with Gasteiger partial charge >= 0.3 is 5.97 Å². The fraction of sp³-hybridized carbons (Fsp3) is 0.273. The molecule has 0 aromatic carbocycles. The highest BCUT2D eigenvalue weighted by Gasteiger charge is 2.05. The van der Waals surface area contributed by atoms with Crippen LogP contribution in [0.1, 0.15) is 22.8 Å². The molecular formula is C11H13N3O2. The summed E-state index contributed by atoms with van der Waals surface area (Å²) >= 11 is 0. The normalized spacial score (nSPS) is 10.6. The van der Waals surface area contributed by atoms with Crippen LogP contribution < -0.4 is 0 Å². The average molecular weight is 219 g/mol. The van der Waals surface area contributed by atoms with Gasteiger partial charge in [0.15, 0.2) is 0 Å². The molecule has 84 valence electrons. The van der Waals surface area contributed by atoms with E-state index in [1.807, 2.05) is 22.4 Å². The van der Waals surface area contributed by atoms with E-state index in [0.717, 1.165) is 12.1 Å². The summed E-state index contributed by atoms with van der Waals surface area (Å²) in [5, 5.41) is 12.9. The van der Waals surface area contributed by atoms with Crippen LogP contribution in [0.5, 0.6) is 0 Å². The van der Waals surface area contributed by atoms with Gasteiger partial charge in [0.25, 0.3) is 0 Å². The zero-order valence-electron chi connectivity index (χ0n) is 9.00. The third-order valence-electron chi connectivity index (χ3n) is 2.37. The van der Waals surface area contributed by atoms with E-state index in [1.54, 1.807) is 24.7 Å². The van der Waals surface area contributed by atoms with Gasteiger partial charge in [-0.3, -0.25) is 4.68 Å². The lowest BCUT2D eigenvalue weighted by atomic mass is 10.3. The van der Waals surface area contributed by atoms with Crippen LogP contribution in [0.2, 0.25) is 0 Å². The number of hydrogen-bond acceptors (Lipinski definition) is 2. The van der Waals surface area contributed by atoms with E-state index in [0.29, 0.717) is 12.1 Å². The summed E-state index contributed by atoms with van der Waals surface area (Å²) in [5.41, 5.74) is 1.37. The quantitative estimate of drug-likeness (QED) is 0.846. The van der Waals surface area contributed by atoms with Crippen molar-refractivity contribution in [3.05, 3.63) is 42.0 Å². The van der Waals surface area contributed by atoms with E-state index in [1.165, 1.54) is 0 Å². The standard InChI is InChI=1S/C11H13N3O2/c1-2-14-7-9(5-12-14)6-13-4-3-10(8-13)11(15)16/h3-5,7-8H,2,6H2,1H3,(H,15,16). The fourth-order valence-corrected chi connectivity index (χ4v) is 1.54. The van der Waals surface area contributed by atoms with Gasteiger partial charge in [-0.25, -0.2) is 4.79 Å². The van der Waals surface area contributed by atoms with Crippen LogP contribution in [-0.4, -0.2) is 25.4 Å². The van der Waals surface area contributed by atoms with E-state index >= 15 is 0 Å². The summed E-state index contributed by atoms with van der Waals surface area (Å²) in [6.07, 6.45) is 7.13. The molecule has 0 amide bonds. The van der Waals surface area contributed by atoms with Crippen LogP contribution in [0.15, 0.2) is 30.9 Å². The second-order valence-corrected chi connectivity index (χ2v) is 3.58. The molecule has 1 N–H and O–H groups in total. The molecule has 0 spiro atoms. The van der Waals surface area contributed by atoms with Gasteiger partial charge < -0.3 is 9.67 Å². The van der Waals surface area contributed by atoms with Gasteiger partial charge in [0.1, 0.15) is 0 Å². The molecule has 0 radical (unpaired) electrons. The lowest BCUT2D eigenvalue weighted by Crippen LogP contribution is -1.97. The van der Waals surface area contributed by atoms with Crippen molar-refractivity contribution in [3.63, 3.8) is 0 Å².